The van der Waals surface area contributed by atoms with Gasteiger partial charge in [-0.15, -0.1) is 0 Å². The van der Waals surface area contributed by atoms with Crippen LogP contribution in [0.5, 0.6) is 0 Å². The van der Waals surface area contributed by atoms with Crippen LogP contribution in [0.2, 0.25) is 0 Å². The van der Waals surface area contributed by atoms with E-state index >= 15 is 0 Å². The Bertz CT molecular complexity index is 885. The van der Waals surface area contributed by atoms with Crippen LogP contribution < -0.4 is 16.0 Å². The highest BCUT2D eigenvalue weighted by molar-refractivity contribution is 6.01. The smallest absolute Gasteiger partial charge is 0.251 e. The van der Waals surface area contributed by atoms with Gasteiger partial charge >= 0.3 is 0 Å². The van der Waals surface area contributed by atoms with Gasteiger partial charge in [0, 0.05) is 22.9 Å². The fraction of sp³-hybridized carbons (Fsp3) is 0.348. The second-order valence-electron chi connectivity index (χ2n) is 7.89. The van der Waals surface area contributed by atoms with Crippen molar-refractivity contribution in [1.29, 1.82) is 0 Å². The number of nitrogens with one attached hydrogen (secondary N) is 3. The second-order valence-corrected chi connectivity index (χ2v) is 7.89. The Balaban J connectivity index is 1.60. The molecular weight excluding hydrogens is 366 g/mol. The first-order valence-electron chi connectivity index (χ1n) is 9.93. The third-order valence-corrected chi connectivity index (χ3v) is 4.92. The molecule has 3 rings (SSSR count). The number of carbonyl (C=O) groups is 3. The van der Waals surface area contributed by atoms with E-state index in [2.05, 4.69) is 16.0 Å². The molecule has 1 unspecified atom stereocenters. The molecule has 29 heavy (non-hydrogen) atoms. The SMILES string of the molecule is Cc1ccc(C(=O)NC(C(=O)Nc2ccc(NC(=O)C3CC3)cc2)C(C)C)cc1. The van der Waals surface area contributed by atoms with Gasteiger partial charge in [0.1, 0.15) is 6.04 Å². The summed E-state index contributed by atoms with van der Waals surface area (Å²) >= 11 is 0. The minimum absolute atomic E-state index is 0.0421. The van der Waals surface area contributed by atoms with Crippen LogP contribution in [0.15, 0.2) is 48.5 Å². The lowest BCUT2D eigenvalue weighted by Crippen LogP contribution is -2.47. The fourth-order valence-electron chi connectivity index (χ4n) is 2.91. The minimum atomic E-state index is -0.668. The molecular formula is C23H27N3O3. The van der Waals surface area contributed by atoms with E-state index in [-0.39, 0.29) is 29.6 Å². The molecule has 6 heteroatoms. The summed E-state index contributed by atoms with van der Waals surface area (Å²) in [6, 6.07) is 13.5. The fourth-order valence-corrected chi connectivity index (χ4v) is 2.91. The zero-order chi connectivity index (χ0) is 21.0. The van der Waals surface area contributed by atoms with Gasteiger partial charge < -0.3 is 16.0 Å². The van der Waals surface area contributed by atoms with E-state index in [4.69, 9.17) is 0 Å². The third kappa shape index (κ3) is 5.67. The summed E-state index contributed by atoms with van der Waals surface area (Å²) < 4.78 is 0. The first-order valence-corrected chi connectivity index (χ1v) is 9.93. The van der Waals surface area contributed by atoms with E-state index in [0.29, 0.717) is 16.9 Å². The Kier molecular flexibility index (Phi) is 6.32. The molecule has 3 N–H and O–H groups in total. The highest BCUT2D eigenvalue weighted by Crippen LogP contribution is 2.30. The zero-order valence-corrected chi connectivity index (χ0v) is 17.0. The highest BCUT2D eigenvalue weighted by atomic mass is 16.2. The third-order valence-electron chi connectivity index (χ3n) is 4.92. The molecule has 6 nitrogen and oxygen atoms in total. The van der Waals surface area contributed by atoms with E-state index < -0.39 is 6.04 Å². The average molecular weight is 393 g/mol. The van der Waals surface area contributed by atoms with Crippen molar-refractivity contribution in [2.45, 2.75) is 39.7 Å². The summed E-state index contributed by atoms with van der Waals surface area (Å²) in [5, 5.41) is 8.52. The molecule has 1 saturated carbocycles. The lowest BCUT2D eigenvalue weighted by Gasteiger charge is -2.22. The molecule has 3 amide bonds. The summed E-state index contributed by atoms with van der Waals surface area (Å²) in [4.78, 5) is 37.1. The molecule has 0 spiro atoms. The summed E-state index contributed by atoms with van der Waals surface area (Å²) in [7, 11) is 0. The predicted octanol–water partition coefficient (Wildman–Crippen LogP) is 3.74. The van der Waals surface area contributed by atoms with E-state index in [1.807, 2.05) is 32.9 Å². The number of aryl methyl sites for hydroxylation is 1. The summed E-state index contributed by atoms with van der Waals surface area (Å²) in [6.07, 6.45) is 1.90. The molecule has 1 aliphatic carbocycles. The van der Waals surface area contributed by atoms with Crippen molar-refractivity contribution in [3.8, 4) is 0 Å². The van der Waals surface area contributed by atoms with Crippen LogP contribution in [-0.2, 0) is 9.59 Å². The Morgan fingerprint density at radius 3 is 1.93 bits per heavy atom. The van der Waals surface area contributed by atoms with Gasteiger partial charge in [0.05, 0.1) is 0 Å². The summed E-state index contributed by atoms with van der Waals surface area (Å²) in [6.45, 7) is 5.72. The highest BCUT2D eigenvalue weighted by Gasteiger charge is 2.29. The van der Waals surface area contributed by atoms with Crippen molar-refractivity contribution in [3.05, 3.63) is 59.7 Å². The van der Waals surface area contributed by atoms with Crippen LogP contribution in [0.4, 0.5) is 11.4 Å². The number of benzene rings is 2. The van der Waals surface area contributed by atoms with Gasteiger partial charge in [-0.2, -0.15) is 0 Å². The van der Waals surface area contributed by atoms with Crippen LogP contribution in [0, 0.1) is 18.8 Å². The van der Waals surface area contributed by atoms with Crippen LogP contribution in [0.25, 0.3) is 0 Å². The minimum Gasteiger partial charge on any atom is -0.340 e. The van der Waals surface area contributed by atoms with Gasteiger partial charge in [-0.1, -0.05) is 31.5 Å². The number of amides is 3. The van der Waals surface area contributed by atoms with E-state index in [9.17, 15) is 14.4 Å². The second kappa shape index (κ2) is 8.90. The monoisotopic (exact) mass is 393 g/mol. The number of hydrogen-bond donors (Lipinski definition) is 3. The molecule has 2 aromatic rings. The van der Waals surface area contributed by atoms with Crippen molar-refractivity contribution in [3.63, 3.8) is 0 Å². The van der Waals surface area contributed by atoms with Crippen molar-refractivity contribution in [1.82, 2.24) is 5.32 Å². The molecule has 2 aromatic carbocycles. The van der Waals surface area contributed by atoms with Crippen LogP contribution >= 0.6 is 0 Å². The molecule has 0 heterocycles. The van der Waals surface area contributed by atoms with Crippen LogP contribution in [-0.4, -0.2) is 23.8 Å². The van der Waals surface area contributed by atoms with Crippen molar-refractivity contribution in [2.75, 3.05) is 10.6 Å². The Hall–Kier alpha value is -3.15. The molecule has 1 atom stereocenters. The predicted molar refractivity (Wildman–Crippen MR) is 114 cm³/mol. The maximum absolute atomic E-state index is 12.7. The van der Waals surface area contributed by atoms with Crippen LogP contribution in [0.1, 0.15) is 42.6 Å². The first-order chi connectivity index (χ1) is 13.8. The topological polar surface area (TPSA) is 87.3 Å². The first kappa shape index (κ1) is 20.6. The molecule has 0 bridgehead atoms. The molecule has 1 fully saturated rings. The van der Waals surface area contributed by atoms with Gasteiger partial charge in [-0.3, -0.25) is 14.4 Å². The summed E-state index contributed by atoms with van der Waals surface area (Å²) in [5.41, 5.74) is 2.89. The largest absolute Gasteiger partial charge is 0.340 e. The molecule has 0 radical (unpaired) electrons. The number of hydrogen-bond acceptors (Lipinski definition) is 3. The molecule has 0 saturated heterocycles. The van der Waals surface area contributed by atoms with Gasteiger partial charge in [0.15, 0.2) is 0 Å². The van der Waals surface area contributed by atoms with E-state index in [1.165, 1.54) is 0 Å². The quantitative estimate of drug-likeness (QED) is 0.670. The van der Waals surface area contributed by atoms with Crippen LogP contribution in [0.3, 0.4) is 0 Å². The van der Waals surface area contributed by atoms with Gasteiger partial charge in [-0.25, -0.2) is 0 Å². The Morgan fingerprint density at radius 1 is 0.862 bits per heavy atom. The van der Waals surface area contributed by atoms with Crippen molar-refractivity contribution < 1.29 is 14.4 Å². The maximum Gasteiger partial charge on any atom is 0.251 e. The van der Waals surface area contributed by atoms with Crippen molar-refractivity contribution in [2.24, 2.45) is 11.8 Å². The maximum atomic E-state index is 12.7. The van der Waals surface area contributed by atoms with Gasteiger partial charge in [0.2, 0.25) is 11.8 Å². The number of carbonyl (C=O) groups excluding carboxylic acids is 3. The molecule has 1 aliphatic rings. The Labute approximate surface area is 171 Å². The number of rotatable bonds is 7. The summed E-state index contributed by atoms with van der Waals surface area (Å²) in [5.74, 6) is -0.465. The Morgan fingerprint density at radius 2 is 1.41 bits per heavy atom. The van der Waals surface area contributed by atoms with Gasteiger partial charge in [0.25, 0.3) is 5.91 Å². The van der Waals surface area contributed by atoms with E-state index in [0.717, 1.165) is 18.4 Å². The van der Waals surface area contributed by atoms with E-state index in [1.54, 1.807) is 36.4 Å². The lowest BCUT2D eigenvalue weighted by atomic mass is 10.0. The molecule has 152 valence electrons. The molecule has 0 aliphatic heterocycles. The molecule has 0 aromatic heterocycles. The van der Waals surface area contributed by atoms with Gasteiger partial charge in [-0.05, 0) is 62.1 Å². The average Bonchev–Trinajstić information content (AvgIpc) is 3.53. The normalized spacial score (nSPS) is 14.2. The zero-order valence-electron chi connectivity index (χ0n) is 17.0. The van der Waals surface area contributed by atoms with Crippen molar-refractivity contribution >= 4 is 29.1 Å². The standard InChI is InChI=1S/C23H27N3O3/c1-14(2)20(26-22(28)16-6-4-15(3)5-7-16)23(29)25-19-12-10-18(11-13-19)24-21(27)17-8-9-17/h4-7,10-14,17,20H,8-9H2,1-3H3,(H,24,27)(H,25,29)(H,26,28). The lowest BCUT2D eigenvalue weighted by molar-refractivity contribution is -0.119. The number of anilines is 2.